The van der Waals surface area contributed by atoms with Gasteiger partial charge >= 0.3 is 0 Å². The standard InChI is InChI=1S/C30H50O12/c1-25(2)31-13-15(33-25)17-19(37-27(5,6)35-17)21-23(41-29(9,10)39-21)24-22(40-30(11,12)42-24)20-18(36-28(7,8)38-20)16-14-32-26(3,4)34-16/h15-24H,13-14H2,1-12H3/t15-,16-,17-,18-,19+,20+,21+,22+,23-,24-/m1/s1. The van der Waals surface area contributed by atoms with Crippen LogP contribution in [0.15, 0.2) is 0 Å². The smallest absolute Gasteiger partial charge is 0.164 e. The highest BCUT2D eigenvalue weighted by molar-refractivity contribution is 5.07. The van der Waals surface area contributed by atoms with Crippen molar-refractivity contribution >= 4 is 0 Å². The van der Waals surface area contributed by atoms with Crippen molar-refractivity contribution in [1.82, 2.24) is 0 Å². The quantitative estimate of drug-likeness (QED) is 0.460. The third-order valence-corrected chi connectivity index (χ3v) is 8.42. The summed E-state index contributed by atoms with van der Waals surface area (Å²) in [7, 11) is 0. The lowest BCUT2D eigenvalue weighted by atomic mass is 9.91. The number of hydrogen-bond acceptors (Lipinski definition) is 12. The van der Waals surface area contributed by atoms with E-state index in [1.807, 2.05) is 83.1 Å². The van der Waals surface area contributed by atoms with Gasteiger partial charge < -0.3 is 56.8 Å². The van der Waals surface area contributed by atoms with Gasteiger partial charge in [0.1, 0.15) is 61.0 Å². The van der Waals surface area contributed by atoms with E-state index in [0.29, 0.717) is 13.2 Å². The molecule has 6 fully saturated rings. The van der Waals surface area contributed by atoms with Crippen LogP contribution in [0.25, 0.3) is 0 Å². The molecule has 10 atom stereocenters. The summed E-state index contributed by atoms with van der Waals surface area (Å²) in [6, 6.07) is 0. The van der Waals surface area contributed by atoms with E-state index in [2.05, 4.69) is 0 Å². The van der Waals surface area contributed by atoms with Crippen molar-refractivity contribution in [3.05, 3.63) is 0 Å². The second-order valence-electron chi connectivity index (χ2n) is 15.0. The molecule has 0 aliphatic carbocycles. The lowest BCUT2D eigenvalue weighted by Crippen LogP contribution is -2.55. The summed E-state index contributed by atoms with van der Waals surface area (Å²) in [6.07, 6.45) is -5.08. The maximum Gasteiger partial charge on any atom is 0.164 e. The molecule has 6 saturated heterocycles. The summed E-state index contributed by atoms with van der Waals surface area (Å²) in [5.74, 6) is -5.06. The molecule has 12 heteroatoms. The average Bonchev–Trinajstić information content (AvgIpc) is 3.63. The van der Waals surface area contributed by atoms with Gasteiger partial charge in [-0.25, -0.2) is 0 Å². The summed E-state index contributed by atoms with van der Waals surface area (Å²) in [4.78, 5) is 0. The molecule has 0 aromatic carbocycles. The Morgan fingerprint density at radius 1 is 0.286 bits per heavy atom. The first kappa shape index (κ1) is 31.5. The number of rotatable bonds is 5. The fraction of sp³-hybridized carbons (Fsp3) is 1.00. The Hall–Kier alpha value is -0.480. The molecule has 0 bridgehead atoms. The molecule has 0 saturated carbocycles. The average molecular weight is 603 g/mol. The zero-order valence-corrected chi connectivity index (χ0v) is 27.1. The second-order valence-corrected chi connectivity index (χ2v) is 15.0. The lowest BCUT2D eigenvalue weighted by molar-refractivity contribution is -0.180. The zero-order chi connectivity index (χ0) is 30.7. The highest BCUT2D eigenvalue weighted by Crippen LogP contribution is 2.48. The van der Waals surface area contributed by atoms with E-state index in [4.69, 9.17) is 56.8 Å². The summed E-state index contributed by atoms with van der Waals surface area (Å²) < 4.78 is 76.6. The normalized spacial score (nSPS) is 48.3. The minimum Gasteiger partial charge on any atom is -0.348 e. The molecule has 6 heterocycles. The molecule has 0 amide bonds. The Morgan fingerprint density at radius 3 is 0.714 bits per heavy atom. The van der Waals surface area contributed by atoms with Crippen molar-refractivity contribution in [2.45, 2.75) is 179 Å². The van der Waals surface area contributed by atoms with Gasteiger partial charge in [0.2, 0.25) is 0 Å². The zero-order valence-electron chi connectivity index (χ0n) is 27.1. The molecule has 6 rings (SSSR count). The minimum atomic E-state index is -0.930. The summed E-state index contributed by atoms with van der Waals surface area (Å²) in [6.45, 7) is 23.4. The van der Waals surface area contributed by atoms with Gasteiger partial charge in [0.05, 0.1) is 13.2 Å². The van der Waals surface area contributed by atoms with Crippen LogP contribution in [0.2, 0.25) is 0 Å². The van der Waals surface area contributed by atoms with Crippen LogP contribution < -0.4 is 0 Å². The SMILES string of the molecule is CC1(C)O[C@@H]([C@@H]2OC(C)(C)O[C@H]2[C@H]2OC(C)(C)O[C@@H]2[C@H]2COC(C)(C)O2)[C@H]([C@H]2OC(C)(C)O[C@@H]2[C@H]2COC(C)(C)O2)O1. The first-order valence-corrected chi connectivity index (χ1v) is 15.2. The lowest BCUT2D eigenvalue weighted by Gasteiger charge is -2.34. The van der Waals surface area contributed by atoms with Crippen molar-refractivity contribution in [1.29, 1.82) is 0 Å². The third kappa shape index (κ3) is 6.17. The molecular formula is C30H50O12. The fourth-order valence-electron chi connectivity index (χ4n) is 7.12. The van der Waals surface area contributed by atoms with Gasteiger partial charge in [-0.15, -0.1) is 0 Å². The van der Waals surface area contributed by atoms with Crippen molar-refractivity contribution in [3.8, 4) is 0 Å². The van der Waals surface area contributed by atoms with E-state index in [9.17, 15) is 0 Å². The van der Waals surface area contributed by atoms with Crippen LogP contribution >= 0.6 is 0 Å². The first-order valence-electron chi connectivity index (χ1n) is 15.2. The Labute approximate surface area is 249 Å². The van der Waals surface area contributed by atoms with Gasteiger partial charge in [0.15, 0.2) is 34.7 Å². The number of ether oxygens (including phenoxy) is 12. The molecule has 42 heavy (non-hydrogen) atoms. The second kappa shape index (κ2) is 10.0. The van der Waals surface area contributed by atoms with Crippen molar-refractivity contribution < 1.29 is 56.8 Å². The molecule has 0 aromatic rings. The molecule has 6 aliphatic heterocycles. The maximum atomic E-state index is 6.62. The fourth-order valence-corrected chi connectivity index (χ4v) is 7.12. The molecule has 6 aliphatic rings. The minimum absolute atomic E-state index is 0.354. The van der Waals surface area contributed by atoms with Gasteiger partial charge in [-0.3, -0.25) is 0 Å². The molecule has 242 valence electrons. The highest BCUT2D eigenvalue weighted by atomic mass is 16.8. The van der Waals surface area contributed by atoms with Crippen LogP contribution in [0.4, 0.5) is 0 Å². The van der Waals surface area contributed by atoms with Crippen molar-refractivity contribution in [3.63, 3.8) is 0 Å². The highest BCUT2D eigenvalue weighted by Gasteiger charge is 2.65. The predicted octanol–water partition coefficient (Wildman–Crippen LogP) is 3.37. The van der Waals surface area contributed by atoms with E-state index < -0.39 is 83.6 Å². The van der Waals surface area contributed by atoms with Gasteiger partial charge in [0.25, 0.3) is 0 Å². The summed E-state index contributed by atoms with van der Waals surface area (Å²) in [5, 5.41) is 0. The van der Waals surface area contributed by atoms with Gasteiger partial charge in [-0.05, 0) is 83.1 Å². The monoisotopic (exact) mass is 602 g/mol. The molecule has 12 nitrogen and oxygen atoms in total. The Kier molecular flexibility index (Phi) is 7.51. The molecule has 0 aromatic heterocycles. The van der Waals surface area contributed by atoms with Crippen LogP contribution in [0, 0.1) is 0 Å². The van der Waals surface area contributed by atoms with E-state index in [1.54, 1.807) is 0 Å². The summed E-state index contributed by atoms with van der Waals surface area (Å²) in [5.41, 5.74) is 0. The van der Waals surface area contributed by atoms with Crippen LogP contribution in [0.1, 0.15) is 83.1 Å². The number of hydrogen-bond donors (Lipinski definition) is 0. The van der Waals surface area contributed by atoms with Crippen LogP contribution in [0.3, 0.4) is 0 Å². The van der Waals surface area contributed by atoms with Crippen LogP contribution in [0.5, 0.6) is 0 Å². The topological polar surface area (TPSA) is 111 Å². The molecule has 0 unspecified atom stereocenters. The largest absolute Gasteiger partial charge is 0.348 e. The Balaban J connectivity index is 1.31. The molecule has 0 spiro atoms. The Morgan fingerprint density at radius 2 is 0.500 bits per heavy atom. The molecule has 0 N–H and O–H groups in total. The van der Waals surface area contributed by atoms with E-state index in [0.717, 1.165) is 0 Å². The maximum absolute atomic E-state index is 6.62. The summed E-state index contributed by atoms with van der Waals surface area (Å²) >= 11 is 0. The van der Waals surface area contributed by atoms with Crippen molar-refractivity contribution in [2.75, 3.05) is 13.2 Å². The van der Waals surface area contributed by atoms with Gasteiger partial charge in [-0.2, -0.15) is 0 Å². The van der Waals surface area contributed by atoms with Gasteiger partial charge in [-0.1, -0.05) is 0 Å². The van der Waals surface area contributed by atoms with Crippen molar-refractivity contribution in [2.24, 2.45) is 0 Å². The van der Waals surface area contributed by atoms with Crippen LogP contribution in [-0.2, 0) is 56.8 Å². The predicted molar refractivity (Wildman–Crippen MR) is 145 cm³/mol. The molecule has 0 radical (unpaired) electrons. The van der Waals surface area contributed by atoms with E-state index in [-0.39, 0.29) is 12.2 Å². The van der Waals surface area contributed by atoms with E-state index in [1.165, 1.54) is 0 Å². The van der Waals surface area contributed by atoms with Crippen LogP contribution in [-0.4, -0.2) is 109 Å². The Bertz CT molecular complexity index is 944. The molecular weight excluding hydrogens is 552 g/mol. The first-order chi connectivity index (χ1) is 19.1. The third-order valence-electron chi connectivity index (χ3n) is 8.42. The van der Waals surface area contributed by atoms with E-state index >= 15 is 0 Å². The van der Waals surface area contributed by atoms with Gasteiger partial charge in [0, 0.05) is 0 Å².